The molecule has 0 aliphatic rings. The lowest BCUT2D eigenvalue weighted by Crippen LogP contribution is -2.15. The van der Waals surface area contributed by atoms with Crippen LogP contribution in [0.25, 0.3) is 0 Å². The first-order valence-corrected chi connectivity index (χ1v) is 6.97. The van der Waals surface area contributed by atoms with Gasteiger partial charge in [0.25, 0.3) is 0 Å². The Morgan fingerprint density at radius 2 is 1.65 bits per heavy atom. The molecular formula is C18H23NO. The Balaban J connectivity index is 2.28. The summed E-state index contributed by atoms with van der Waals surface area (Å²) in [6.45, 7) is 6.30. The van der Waals surface area contributed by atoms with Crippen molar-refractivity contribution < 1.29 is 4.74 Å². The molecule has 2 nitrogen and oxygen atoms in total. The quantitative estimate of drug-likeness (QED) is 0.914. The van der Waals surface area contributed by atoms with Gasteiger partial charge < -0.3 is 10.5 Å². The average Bonchev–Trinajstić information content (AvgIpc) is 2.42. The maximum absolute atomic E-state index is 6.39. The van der Waals surface area contributed by atoms with Crippen LogP contribution in [-0.2, 0) is 6.42 Å². The molecule has 0 aromatic heterocycles. The number of methoxy groups -OCH3 is 1. The van der Waals surface area contributed by atoms with Gasteiger partial charge in [0.15, 0.2) is 0 Å². The molecule has 0 spiro atoms. The zero-order valence-electron chi connectivity index (χ0n) is 12.7. The summed E-state index contributed by atoms with van der Waals surface area (Å²) in [5.74, 6) is 0.878. The normalized spacial score (nSPS) is 12.2. The van der Waals surface area contributed by atoms with Crippen LogP contribution in [0.1, 0.15) is 33.9 Å². The maximum atomic E-state index is 6.39. The van der Waals surface area contributed by atoms with E-state index in [1.807, 2.05) is 6.07 Å². The van der Waals surface area contributed by atoms with E-state index in [1.165, 1.54) is 22.3 Å². The fourth-order valence-electron chi connectivity index (χ4n) is 2.49. The van der Waals surface area contributed by atoms with Crippen molar-refractivity contribution in [2.75, 3.05) is 7.11 Å². The van der Waals surface area contributed by atoms with E-state index >= 15 is 0 Å². The maximum Gasteiger partial charge on any atom is 0.123 e. The molecule has 1 atom stereocenters. The van der Waals surface area contributed by atoms with Crippen LogP contribution < -0.4 is 10.5 Å². The molecule has 1 unspecified atom stereocenters. The molecule has 0 saturated carbocycles. The van der Waals surface area contributed by atoms with Crippen molar-refractivity contribution in [3.05, 3.63) is 64.2 Å². The highest BCUT2D eigenvalue weighted by atomic mass is 16.5. The monoisotopic (exact) mass is 269 g/mol. The zero-order valence-corrected chi connectivity index (χ0v) is 12.7. The summed E-state index contributed by atoms with van der Waals surface area (Å²) < 4.78 is 5.46. The molecule has 20 heavy (non-hydrogen) atoms. The van der Waals surface area contributed by atoms with Crippen LogP contribution in [0.3, 0.4) is 0 Å². The fraction of sp³-hybridized carbons (Fsp3) is 0.333. The molecule has 0 amide bonds. The smallest absolute Gasteiger partial charge is 0.123 e. The van der Waals surface area contributed by atoms with Crippen LogP contribution in [0.2, 0.25) is 0 Å². The predicted molar refractivity (Wildman–Crippen MR) is 84.3 cm³/mol. The second-order valence-corrected chi connectivity index (χ2v) is 5.49. The topological polar surface area (TPSA) is 35.2 Å². The van der Waals surface area contributed by atoms with Crippen molar-refractivity contribution in [1.29, 1.82) is 0 Å². The van der Waals surface area contributed by atoms with E-state index in [2.05, 4.69) is 51.1 Å². The molecule has 0 radical (unpaired) electrons. The number of hydrogen-bond donors (Lipinski definition) is 1. The molecular weight excluding hydrogens is 246 g/mol. The zero-order chi connectivity index (χ0) is 14.7. The Morgan fingerprint density at radius 3 is 2.35 bits per heavy atom. The minimum Gasteiger partial charge on any atom is -0.496 e. The number of nitrogens with two attached hydrogens (primary N) is 1. The van der Waals surface area contributed by atoms with Crippen LogP contribution in [0.4, 0.5) is 0 Å². The van der Waals surface area contributed by atoms with Gasteiger partial charge in [-0.1, -0.05) is 35.9 Å². The van der Waals surface area contributed by atoms with Crippen molar-refractivity contribution >= 4 is 0 Å². The first kappa shape index (κ1) is 14.6. The van der Waals surface area contributed by atoms with Gasteiger partial charge in [-0.05, 0) is 49.9 Å². The molecule has 0 saturated heterocycles. The van der Waals surface area contributed by atoms with E-state index in [0.29, 0.717) is 0 Å². The van der Waals surface area contributed by atoms with Gasteiger partial charge in [0.1, 0.15) is 5.75 Å². The van der Waals surface area contributed by atoms with E-state index in [4.69, 9.17) is 10.5 Å². The highest BCUT2D eigenvalue weighted by molar-refractivity contribution is 5.41. The number of aryl methyl sites for hydroxylation is 3. The van der Waals surface area contributed by atoms with Gasteiger partial charge in [0, 0.05) is 11.6 Å². The Bertz CT molecular complexity index is 604. The Kier molecular flexibility index (Phi) is 4.46. The molecule has 2 aromatic rings. The fourth-order valence-corrected chi connectivity index (χ4v) is 2.49. The minimum absolute atomic E-state index is 0.0500. The first-order chi connectivity index (χ1) is 9.51. The molecule has 0 aliphatic carbocycles. The summed E-state index contributed by atoms with van der Waals surface area (Å²) in [7, 11) is 1.70. The van der Waals surface area contributed by atoms with E-state index in [0.717, 1.165) is 17.7 Å². The number of hydrogen-bond acceptors (Lipinski definition) is 2. The minimum atomic E-state index is -0.0500. The van der Waals surface area contributed by atoms with Gasteiger partial charge in [-0.15, -0.1) is 0 Å². The highest BCUT2D eigenvalue weighted by Gasteiger charge is 2.14. The lowest BCUT2D eigenvalue weighted by atomic mass is 9.94. The van der Waals surface area contributed by atoms with Crippen LogP contribution in [-0.4, -0.2) is 7.11 Å². The SMILES string of the molecule is COc1cc(C)ccc1C(N)Cc1cc(C)ccc1C. The third kappa shape index (κ3) is 3.20. The largest absolute Gasteiger partial charge is 0.496 e. The number of rotatable bonds is 4. The van der Waals surface area contributed by atoms with Crippen LogP contribution in [0.5, 0.6) is 5.75 Å². The summed E-state index contributed by atoms with van der Waals surface area (Å²) in [4.78, 5) is 0. The van der Waals surface area contributed by atoms with Gasteiger partial charge >= 0.3 is 0 Å². The van der Waals surface area contributed by atoms with Gasteiger partial charge in [0.05, 0.1) is 7.11 Å². The third-order valence-corrected chi connectivity index (χ3v) is 3.73. The van der Waals surface area contributed by atoms with Gasteiger partial charge in [-0.25, -0.2) is 0 Å². The number of benzene rings is 2. The molecule has 2 heteroatoms. The van der Waals surface area contributed by atoms with Crippen LogP contribution in [0, 0.1) is 20.8 Å². The van der Waals surface area contributed by atoms with E-state index in [9.17, 15) is 0 Å². The Morgan fingerprint density at radius 1 is 1.00 bits per heavy atom. The van der Waals surface area contributed by atoms with Crippen LogP contribution >= 0.6 is 0 Å². The van der Waals surface area contributed by atoms with Crippen molar-refractivity contribution in [3.63, 3.8) is 0 Å². The molecule has 2 rings (SSSR count). The van der Waals surface area contributed by atoms with Gasteiger partial charge in [-0.3, -0.25) is 0 Å². The molecule has 106 valence electrons. The highest BCUT2D eigenvalue weighted by Crippen LogP contribution is 2.28. The predicted octanol–water partition coefficient (Wildman–Crippen LogP) is 3.86. The van der Waals surface area contributed by atoms with Crippen molar-refractivity contribution in [2.45, 2.75) is 33.2 Å². The second kappa shape index (κ2) is 6.10. The standard InChI is InChI=1S/C18H23NO/c1-12-5-7-14(3)15(9-12)11-17(19)16-8-6-13(2)10-18(16)20-4/h5-10,17H,11,19H2,1-4H3. The van der Waals surface area contributed by atoms with E-state index in [-0.39, 0.29) is 6.04 Å². The summed E-state index contributed by atoms with van der Waals surface area (Å²) in [5.41, 5.74) is 12.5. The second-order valence-electron chi connectivity index (χ2n) is 5.49. The van der Waals surface area contributed by atoms with Crippen LogP contribution in [0.15, 0.2) is 36.4 Å². The Labute approximate surface area is 121 Å². The van der Waals surface area contributed by atoms with E-state index in [1.54, 1.807) is 7.11 Å². The first-order valence-electron chi connectivity index (χ1n) is 6.97. The Hall–Kier alpha value is -1.80. The van der Waals surface area contributed by atoms with Gasteiger partial charge in [-0.2, -0.15) is 0 Å². The number of ether oxygens (including phenoxy) is 1. The van der Waals surface area contributed by atoms with Gasteiger partial charge in [0.2, 0.25) is 0 Å². The van der Waals surface area contributed by atoms with Crippen molar-refractivity contribution in [3.8, 4) is 5.75 Å². The molecule has 0 bridgehead atoms. The molecule has 0 aliphatic heterocycles. The summed E-state index contributed by atoms with van der Waals surface area (Å²) in [6.07, 6.45) is 0.826. The van der Waals surface area contributed by atoms with Crippen molar-refractivity contribution in [1.82, 2.24) is 0 Å². The lowest BCUT2D eigenvalue weighted by molar-refractivity contribution is 0.405. The molecule has 0 heterocycles. The summed E-state index contributed by atoms with van der Waals surface area (Å²) in [6, 6.07) is 12.7. The lowest BCUT2D eigenvalue weighted by Gasteiger charge is -2.18. The molecule has 2 N–H and O–H groups in total. The summed E-state index contributed by atoms with van der Waals surface area (Å²) in [5, 5.41) is 0. The molecule has 2 aromatic carbocycles. The average molecular weight is 269 g/mol. The molecule has 0 fully saturated rings. The summed E-state index contributed by atoms with van der Waals surface area (Å²) >= 11 is 0. The van der Waals surface area contributed by atoms with Crippen molar-refractivity contribution in [2.24, 2.45) is 5.73 Å². The third-order valence-electron chi connectivity index (χ3n) is 3.73. The van der Waals surface area contributed by atoms with E-state index < -0.39 is 0 Å².